The maximum atomic E-state index is 14.8. The highest BCUT2D eigenvalue weighted by Gasteiger charge is 2.39. The summed E-state index contributed by atoms with van der Waals surface area (Å²) in [4.78, 5) is 9.04. The molecule has 3 aromatic rings. The molecule has 0 bridgehead atoms. The molecule has 1 unspecified atom stereocenters. The Labute approximate surface area is 138 Å². The van der Waals surface area contributed by atoms with Crippen molar-refractivity contribution in [3.05, 3.63) is 77.2 Å². The third kappa shape index (κ3) is 2.21. The molecule has 120 valence electrons. The Morgan fingerprint density at radius 1 is 1.04 bits per heavy atom. The predicted octanol–water partition coefficient (Wildman–Crippen LogP) is 5.01. The van der Waals surface area contributed by atoms with Crippen LogP contribution in [0, 0.1) is 5.82 Å². The second-order valence-electron chi connectivity index (χ2n) is 6.59. The van der Waals surface area contributed by atoms with Crippen molar-refractivity contribution in [3.8, 4) is 0 Å². The topological polar surface area (TPSA) is 25.2 Å². The zero-order valence-electron chi connectivity index (χ0n) is 13.4. The van der Waals surface area contributed by atoms with Crippen LogP contribution in [0.25, 0.3) is 10.9 Å². The molecule has 0 saturated carbocycles. The van der Waals surface area contributed by atoms with E-state index in [2.05, 4.69) is 9.98 Å². The molecule has 2 heterocycles. The predicted molar refractivity (Wildman–Crippen MR) is 91.7 cm³/mol. The van der Waals surface area contributed by atoms with E-state index in [0.29, 0.717) is 11.3 Å². The van der Waals surface area contributed by atoms with Gasteiger partial charge in [0.2, 0.25) is 0 Å². The molecule has 0 saturated heterocycles. The average molecular weight is 322 g/mol. The van der Waals surface area contributed by atoms with Crippen LogP contribution in [0.2, 0.25) is 0 Å². The molecule has 1 aliphatic rings. The van der Waals surface area contributed by atoms with E-state index in [9.17, 15) is 8.78 Å². The summed E-state index contributed by atoms with van der Waals surface area (Å²) < 4.78 is 29.1. The average Bonchev–Trinajstić information content (AvgIpc) is 2.58. The first-order valence-electron chi connectivity index (χ1n) is 7.85. The summed E-state index contributed by atoms with van der Waals surface area (Å²) in [6.45, 7) is 3.36. The summed E-state index contributed by atoms with van der Waals surface area (Å²) in [5.41, 5.74) is 1.78. The van der Waals surface area contributed by atoms with E-state index in [1.165, 1.54) is 6.07 Å². The molecule has 0 N–H and O–H groups in total. The summed E-state index contributed by atoms with van der Waals surface area (Å²) in [7, 11) is 0. The fourth-order valence-electron chi connectivity index (χ4n) is 3.18. The lowest BCUT2D eigenvalue weighted by Gasteiger charge is -2.32. The van der Waals surface area contributed by atoms with Crippen LogP contribution in [0.4, 0.5) is 8.78 Å². The van der Waals surface area contributed by atoms with E-state index in [-0.39, 0.29) is 5.56 Å². The van der Waals surface area contributed by atoms with Gasteiger partial charge >= 0.3 is 0 Å². The van der Waals surface area contributed by atoms with Crippen molar-refractivity contribution in [1.29, 1.82) is 0 Å². The van der Waals surface area contributed by atoms with Gasteiger partial charge in [0.05, 0.1) is 16.8 Å². The lowest BCUT2D eigenvalue weighted by Crippen LogP contribution is -2.33. The van der Waals surface area contributed by atoms with Gasteiger partial charge < -0.3 is 0 Å². The zero-order valence-corrected chi connectivity index (χ0v) is 13.4. The van der Waals surface area contributed by atoms with E-state index in [0.717, 1.165) is 16.5 Å². The van der Waals surface area contributed by atoms with Crippen molar-refractivity contribution in [3.63, 3.8) is 0 Å². The number of para-hydroxylation sites is 1. The van der Waals surface area contributed by atoms with Gasteiger partial charge in [0.25, 0.3) is 0 Å². The molecule has 1 aliphatic heterocycles. The third-order valence-corrected chi connectivity index (χ3v) is 4.45. The van der Waals surface area contributed by atoms with E-state index < -0.39 is 17.5 Å². The first-order valence-corrected chi connectivity index (χ1v) is 7.85. The highest BCUT2D eigenvalue weighted by molar-refractivity contribution is 6.15. The number of nitrogens with zero attached hydrogens (tertiary/aromatic N) is 2. The van der Waals surface area contributed by atoms with Gasteiger partial charge in [0, 0.05) is 28.3 Å². The van der Waals surface area contributed by atoms with Gasteiger partial charge in [-0.25, -0.2) is 8.78 Å². The van der Waals surface area contributed by atoms with Crippen molar-refractivity contribution in [2.24, 2.45) is 4.99 Å². The molecule has 2 aromatic carbocycles. The van der Waals surface area contributed by atoms with Crippen LogP contribution in [-0.4, -0.2) is 16.2 Å². The maximum Gasteiger partial charge on any atom is 0.153 e. The number of aromatic nitrogens is 1. The van der Waals surface area contributed by atoms with Gasteiger partial charge in [-0.2, -0.15) is 0 Å². The summed E-state index contributed by atoms with van der Waals surface area (Å²) >= 11 is 0. The Kier molecular flexibility index (Phi) is 3.23. The lowest BCUT2D eigenvalue weighted by molar-refractivity contribution is 0.215. The van der Waals surface area contributed by atoms with Gasteiger partial charge in [-0.3, -0.25) is 9.98 Å². The maximum absolute atomic E-state index is 14.8. The summed E-state index contributed by atoms with van der Waals surface area (Å²) in [5, 5.41) is 0.968. The Balaban J connectivity index is 1.97. The monoisotopic (exact) mass is 322 g/mol. The number of alkyl halides is 1. The highest BCUT2D eigenvalue weighted by Crippen LogP contribution is 2.41. The fraction of sp³-hybridized carbons (Fsp3) is 0.200. The molecular weight excluding hydrogens is 306 g/mol. The van der Waals surface area contributed by atoms with Gasteiger partial charge in [-0.15, -0.1) is 0 Å². The number of rotatable bonds is 1. The van der Waals surface area contributed by atoms with Crippen LogP contribution >= 0.6 is 0 Å². The number of hydrogen-bond donors (Lipinski definition) is 0. The third-order valence-electron chi connectivity index (χ3n) is 4.45. The van der Waals surface area contributed by atoms with Crippen molar-refractivity contribution in [1.82, 2.24) is 4.98 Å². The first kappa shape index (κ1) is 14.9. The van der Waals surface area contributed by atoms with Crippen LogP contribution in [0.1, 0.15) is 36.7 Å². The Morgan fingerprint density at radius 2 is 1.83 bits per heavy atom. The molecule has 0 fully saturated rings. The minimum atomic E-state index is -1.48. The fourth-order valence-corrected chi connectivity index (χ4v) is 3.18. The smallest absolute Gasteiger partial charge is 0.153 e. The molecule has 4 heteroatoms. The Bertz CT molecular complexity index is 976. The summed E-state index contributed by atoms with van der Waals surface area (Å²) in [6.07, 6.45) is 0.232. The SMILES string of the molecule is CC1(C)N=C(c2cnc3ccccc3c2)c2cccc(F)c2C1F. The van der Waals surface area contributed by atoms with E-state index in [4.69, 9.17) is 0 Å². The number of hydrogen-bond acceptors (Lipinski definition) is 2. The Morgan fingerprint density at radius 3 is 2.67 bits per heavy atom. The molecule has 4 rings (SSSR count). The molecule has 2 nitrogen and oxygen atoms in total. The molecule has 1 aromatic heterocycles. The van der Waals surface area contributed by atoms with Gasteiger partial charge in [0.15, 0.2) is 6.17 Å². The molecule has 0 radical (unpaired) electrons. The molecule has 24 heavy (non-hydrogen) atoms. The Hall–Kier alpha value is -2.62. The van der Waals surface area contributed by atoms with E-state index in [1.54, 1.807) is 32.2 Å². The molecule has 0 spiro atoms. The van der Waals surface area contributed by atoms with Crippen molar-refractivity contribution >= 4 is 16.6 Å². The van der Waals surface area contributed by atoms with E-state index >= 15 is 0 Å². The molecule has 0 amide bonds. The molecule has 1 atom stereocenters. The zero-order chi connectivity index (χ0) is 16.9. The standard InChI is InChI=1S/C20H16F2N2/c1-20(2)19(22)17-14(7-5-8-15(17)21)18(24-20)13-10-12-6-3-4-9-16(12)23-11-13/h3-11,19H,1-2H3. The number of halogens is 2. The van der Waals surface area contributed by atoms with Crippen LogP contribution in [0.15, 0.2) is 59.7 Å². The van der Waals surface area contributed by atoms with Crippen molar-refractivity contribution < 1.29 is 8.78 Å². The minimum Gasteiger partial charge on any atom is -0.275 e. The normalized spacial score (nSPS) is 19.0. The van der Waals surface area contributed by atoms with Gasteiger partial charge in [-0.1, -0.05) is 30.3 Å². The minimum absolute atomic E-state index is 0.0839. The van der Waals surface area contributed by atoms with Crippen LogP contribution in [-0.2, 0) is 0 Å². The number of aliphatic imine (C=N–C) groups is 1. The molecular formula is C20H16F2N2. The van der Waals surface area contributed by atoms with Crippen LogP contribution in [0.5, 0.6) is 0 Å². The van der Waals surface area contributed by atoms with Crippen LogP contribution in [0.3, 0.4) is 0 Å². The van der Waals surface area contributed by atoms with Crippen LogP contribution < -0.4 is 0 Å². The summed E-state index contributed by atoms with van der Waals surface area (Å²) in [6, 6.07) is 14.3. The molecule has 0 aliphatic carbocycles. The van der Waals surface area contributed by atoms with Gasteiger partial charge in [0.1, 0.15) is 5.82 Å². The highest BCUT2D eigenvalue weighted by atomic mass is 19.1. The second-order valence-corrected chi connectivity index (χ2v) is 6.59. The number of pyridine rings is 1. The quantitative estimate of drug-likeness (QED) is 0.618. The van der Waals surface area contributed by atoms with Gasteiger partial charge in [-0.05, 0) is 32.0 Å². The van der Waals surface area contributed by atoms with E-state index in [1.807, 2.05) is 30.3 Å². The number of fused-ring (bicyclic) bond motifs is 2. The van der Waals surface area contributed by atoms with Crippen molar-refractivity contribution in [2.75, 3.05) is 0 Å². The second kappa shape index (κ2) is 5.20. The first-order chi connectivity index (χ1) is 11.5. The lowest BCUT2D eigenvalue weighted by atomic mass is 9.83. The number of benzene rings is 2. The van der Waals surface area contributed by atoms with Crippen molar-refractivity contribution in [2.45, 2.75) is 25.6 Å². The largest absolute Gasteiger partial charge is 0.275 e. The summed E-state index contributed by atoms with van der Waals surface area (Å²) in [5.74, 6) is -0.533.